The Morgan fingerprint density at radius 1 is 1.22 bits per heavy atom. The van der Waals surface area contributed by atoms with Crippen molar-refractivity contribution in [3.8, 4) is 0 Å². The van der Waals surface area contributed by atoms with Crippen LogP contribution >= 0.6 is 0 Å². The zero-order valence-electron chi connectivity index (χ0n) is 18.4. The number of aromatic nitrogens is 2. The van der Waals surface area contributed by atoms with E-state index in [0.29, 0.717) is 5.92 Å². The molecule has 0 radical (unpaired) electrons. The van der Waals surface area contributed by atoms with Crippen molar-refractivity contribution in [2.45, 2.75) is 19.3 Å². The van der Waals surface area contributed by atoms with E-state index < -0.39 is 0 Å². The first-order chi connectivity index (χ1) is 15.6. The number of piperazine rings is 1. The molecule has 5 rings (SSSR count). The molecule has 2 atom stereocenters. The molecule has 1 saturated heterocycles. The molecule has 1 aliphatic heterocycles. The normalized spacial score (nSPS) is 21.0. The van der Waals surface area contributed by atoms with E-state index >= 15 is 0 Å². The molecule has 2 unspecified atom stereocenters. The van der Waals surface area contributed by atoms with Crippen LogP contribution in [0.5, 0.6) is 0 Å². The highest BCUT2D eigenvalue weighted by atomic mass is 15.2. The molecule has 3 aromatic rings. The van der Waals surface area contributed by atoms with Gasteiger partial charge in [0.25, 0.3) is 0 Å². The molecule has 5 N–H and O–H groups in total. The standard InChI is InChI=1S/C26H30N6/c1-2-17-7-8-19(14-21(17)20-13-18-5-3-4-6-23(18)30-16-20)24-15-22(25(27)28)26(31-24)32-11-9-29-10-12-32/h3-8,13-17,21,29,31H,2,9-12H2,1H3,(H3,27,28). The molecule has 3 heterocycles. The number of hydrogen-bond acceptors (Lipinski definition) is 4. The number of H-pyrrole nitrogens is 1. The molecule has 0 saturated carbocycles. The van der Waals surface area contributed by atoms with Crippen LogP contribution in [0.4, 0.5) is 5.82 Å². The summed E-state index contributed by atoms with van der Waals surface area (Å²) in [6.45, 7) is 5.91. The lowest BCUT2D eigenvalue weighted by Crippen LogP contribution is -2.44. The molecule has 0 spiro atoms. The quantitative estimate of drug-likeness (QED) is 0.366. The molecule has 1 aliphatic carbocycles. The number of nitrogen functional groups attached to an aromatic ring is 1. The largest absolute Gasteiger partial charge is 0.384 e. The van der Waals surface area contributed by atoms with E-state index in [2.05, 4.69) is 64.6 Å². The Labute approximate surface area is 188 Å². The number of para-hydroxylation sites is 1. The number of benzene rings is 1. The van der Waals surface area contributed by atoms with Crippen molar-refractivity contribution in [1.29, 1.82) is 5.41 Å². The van der Waals surface area contributed by atoms with E-state index in [-0.39, 0.29) is 11.8 Å². The first-order valence-corrected chi connectivity index (χ1v) is 11.4. The van der Waals surface area contributed by atoms with Gasteiger partial charge in [-0.25, -0.2) is 0 Å². The van der Waals surface area contributed by atoms with Gasteiger partial charge >= 0.3 is 0 Å². The van der Waals surface area contributed by atoms with Gasteiger partial charge in [0.1, 0.15) is 11.7 Å². The van der Waals surface area contributed by atoms with Gasteiger partial charge in [0, 0.05) is 49.4 Å². The smallest absolute Gasteiger partial charge is 0.126 e. The predicted molar refractivity (Wildman–Crippen MR) is 132 cm³/mol. The van der Waals surface area contributed by atoms with E-state index in [1.54, 1.807) is 0 Å². The fourth-order valence-corrected chi connectivity index (χ4v) is 4.85. The predicted octanol–water partition coefficient (Wildman–Crippen LogP) is 4.02. The molecule has 164 valence electrons. The maximum Gasteiger partial charge on any atom is 0.126 e. The minimum absolute atomic E-state index is 0.100. The van der Waals surface area contributed by atoms with Crippen LogP contribution < -0.4 is 16.0 Å². The SMILES string of the molecule is CCC1C=CC(c2cc(C(=N)N)c(N3CCNCC3)[nH]2)=CC1c1cnc2ccccc2c1. The maximum atomic E-state index is 8.10. The third-order valence-electron chi connectivity index (χ3n) is 6.64. The Hall–Kier alpha value is -3.38. The van der Waals surface area contributed by atoms with Crippen molar-refractivity contribution in [3.63, 3.8) is 0 Å². The summed E-state index contributed by atoms with van der Waals surface area (Å²) in [4.78, 5) is 10.6. The monoisotopic (exact) mass is 426 g/mol. The Morgan fingerprint density at radius 2 is 2.03 bits per heavy atom. The number of anilines is 1. The highest BCUT2D eigenvalue weighted by molar-refractivity contribution is 6.01. The molecule has 1 aromatic carbocycles. The molecule has 2 aliphatic rings. The number of nitrogens with two attached hydrogens (primary N) is 1. The average Bonchev–Trinajstić information content (AvgIpc) is 3.30. The topological polar surface area (TPSA) is 93.8 Å². The van der Waals surface area contributed by atoms with E-state index in [1.807, 2.05) is 18.3 Å². The van der Waals surface area contributed by atoms with Gasteiger partial charge in [-0.05, 0) is 41.7 Å². The average molecular weight is 427 g/mol. The van der Waals surface area contributed by atoms with Crippen molar-refractivity contribution >= 4 is 28.1 Å². The van der Waals surface area contributed by atoms with Gasteiger partial charge in [0.05, 0.1) is 11.1 Å². The van der Waals surface area contributed by atoms with Gasteiger partial charge in [-0.3, -0.25) is 10.4 Å². The summed E-state index contributed by atoms with van der Waals surface area (Å²) in [7, 11) is 0. The zero-order valence-corrected chi connectivity index (χ0v) is 18.4. The number of amidine groups is 1. The van der Waals surface area contributed by atoms with Gasteiger partial charge in [-0.15, -0.1) is 0 Å². The van der Waals surface area contributed by atoms with E-state index in [1.165, 1.54) is 10.9 Å². The lowest BCUT2D eigenvalue weighted by Gasteiger charge is -2.29. The zero-order chi connectivity index (χ0) is 22.1. The lowest BCUT2D eigenvalue weighted by atomic mass is 9.79. The maximum absolute atomic E-state index is 8.10. The number of fused-ring (bicyclic) bond motifs is 1. The summed E-state index contributed by atoms with van der Waals surface area (Å²) in [6.07, 6.45) is 9.94. The van der Waals surface area contributed by atoms with Crippen LogP contribution in [-0.2, 0) is 0 Å². The summed E-state index contributed by atoms with van der Waals surface area (Å²) in [5.41, 5.74) is 11.1. The first kappa shape index (κ1) is 20.5. The van der Waals surface area contributed by atoms with Crippen LogP contribution in [0.3, 0.4) is 0 Å². The number of nitrogens with one attached hydrogen (secondary N) is 3. The molecule has 2 aromatic heterocycles. The van der Waals surface area contributed by atoms with E-state index in [0.717, 1.165) is 60.8 Å². The second-order valence-electron chi connectivity index (χ2n) is 8.64. The fraction of sp³-hybridized carbons (Fsp3) is 0.308. The van der Waals surface area contributed by atoms with Crippen molar-refractivity contribution < 1.29 is 0 Å². The third-order valence-corrected chi connectivity index (χ3v) is 6.64. The number of pyridine rings is 1. The number of allylic oxidation sites excluding steroid dienone is 4. The number of nitrogens with zero attached hydrogens (tertiary/aromatic N) is 2. The minimum atomic E-state index is 0.100. The Kier molecular flexibility index (Phi) is 5.53. The van der Waals surface area contributed by atoms with Gasteiger partial charge < -0.3 is 20.9 Å². The summed E-state index contributed by atoms with van der Waals surface area (Å²) in [6, 6.07) is 12.6. The van der Waals surface area contributed by atoms with Crippen molar-refractivity contribution in [3.05, 3.63) is 77.6 Å². The van der Waals surface area contributed by atoms with E-state index in [4.69, 9.17) is 16.1 Å². The van der Waals surface area contributed by atoms with Crippen LogP contribution in [0.2, 0.25) is 0 Å². The Bertz CT molecular complexity index is 1200. The molecule has 0 bridgehead atoms. The summed E-state index contributed by atoms with van der Waals surface area (Å²) in [5.74, 6) is 1.73. The van der Waals surface area contributed by atoms with Gasteiger partial charge in [0.15, 0.2) is 0 Å². The van der Waals surface area contributed by atoms with Crippen LogP contribution in [0.1, 0.15) is 36.1 Å². The molecule has 6 heteroatoms. The molecule has 32 heavy (non-hydrogen) atoms. The van der Waals surface area contributed by atoms with Gasteiger partial charge in [-0.1, -0.05) is 43.4 Å². The molecular weight excluding hydrogens is 396 g/mol. The van der Waals surface area contributed by atoms with Crippen molar-refractivity contribution in [1.82, 2.24) is 15.3 Å². The number of rotatable bonds is 5. The molecule has 1 fully saturated rings. The van der Waals surface area contributed by atoms with Crippen LogP contribution in [0.15, 0.2) is 60.8 Å². The second-order valence-corrected chi connectivity index (χ2v) is 8.64. The summed E-state index contributed by atoms with van der Waals surface area (Å²) >= 11 is 0. The van der Waals surface area contributed by atoms with Crippen LogP contribution in [-0.4, -0.2) is 42.0 Å². The number of hydrogen-bond donors (Lipinski definition) is 4. The van der Waals surface area contributed by atoms with Gasteiger partial charge in [-0.2, -0.15) is 0 Å². The highest BCUT2D eigenvalue weighted by Gasteiger charge is 2.25. The minimum Gasteiger partial charge on any atom is -0.384 e. The Morgan fingerprint density at radius 3 is 2.81 bits per heavy atom. The van der Waals surface area contributed by atoms with Crippen molar-refractivity contribution in [2.75, 3.05) is 31.1 Å². The molecule has 0 amide bonds. The number of aromatic amines is 1. The lowest BCUT2D eigenvalue weighted by molar-refractivity contribution is 0.560. The van der Waals surface area contributed by atoms with Crippen LogP contribution in [0.25, 0.3) is 16.5 Å². The molecule has 6 nitrogen and oxygen atoms in total. The fourth-order valence-electron chi connectivity index (χ4n) is 4.85. The van der Waals surface area contributed by atoms with Crippen LogP contribution in [0, 0.1) is 11.3 Å². The third kappa shape index (κ3) is 3.82. The molecular formula is C26H30N6. The van der Waals surface area contributed by atoms with Crippen molar-refractivity contribution in [2.24, 2.45) is 11.7 Å². The summed E-state index contributed by atoms with van der Waals surface area (Å²) < 4.78 is 0. The van der Waals surface area contributed by atoms with Gasteiger partial charge in [0.2, 0.25) is 0 Å². The summed E-state index contributed by atoms with van der Waals surface area (Å²) in [5, 5.41) is 12.7. The highest BCUT2D eigenvalue weighted by Crippen LogP contribution is 2.38. The second kappa shape index (κ2) is 8.63. The first-order valence-electron chi connectivity index (χ1n) is 11.4. The van der Waals surface area contributed by atoms with E-state index in [9.17, 15) is 0 Å². The Balaban J connectivity index is 1.53.